The Kier molecular flexibility index (Phi) is 3.72. The molecule has 0 atom stereocenters. The van der Waals surface area contributed by atoms with Gasteiger partial charge in [-0.3, -0.25) is 4.79 Å². The van der Waals surface area contributed by atoms with Gasteiger partial charge in [0.25, 0.3) is 0 Å². The first kappa shape index (κ1) is 12.3. The van der Waals surface area contributed by atoms with E-state index in [0.29, 0.717) is 17.9 Å². The third-order valence-corrected chi connectivity index (χ3v) is 2.43. The second-order valence-electron chi connectivity index (χ2n) is 4.08. The number of ether oxygens (including phenoxy) is 1. The predicted molar refractivity (Wildman–Crippen MR) is 67.3 cm³/mol. The van der Waals surface area contributed by atoms with Crippen molar-refractivity contribution in [2.45, 2.75) is 13.3 Å². The molecule has 0 saturated carbocycles. The van der Waals surface area contributed by atoms with Crippen LogP contribution in [-0.2, 0) is 11.2 Å². The molecule has 2 rings (SSSR count). The number of rotatable bonds is 4. The van der Waals surface area contributed by atoms with Crippen molar-refractivity contribution in [2.75, 3.05) is 0 Å². The lowest BCUT2D eigenvalue weighted by Crippen LogP contribution is -1.95. The van der Waals surface area contributed by atoms with E-state index >= 15 is 0 Å². The standard InChI is InChI=1S/C15H13FO2/c1-11(17)10-12-2-6-14(7-3-12)18-15-8-4-13(16)5-9-15/h2-9H,10H2,1H3. The molecule has 0 aliphatic heterocycles. The Morgan fingerprint density at radius 1 is 1.00 bits per heavy atom. The van der Waals surface area contributed by atoms with Crippen molar-refractivity contribution in [1.82, 2.24) is 0 Å². The Bertz CT molecular complexity index is 529. The first-order valence-electron chi connectivity index (χ1n) is 5.65. The molecule has 0 radical (unpaired) electrons. The van der Waals surface area contributed by atoms with Crippen LogP contribution in [0.25, 0.3) is 0 Å². The summed E-state index contributed by atoms with van der Waals surface area (Å²) < 4.78 is 18.3. The maximum Gasteiger partial charge on any atom is 0.134 e. The molecule has 0 heterocycles. The van der Waals surface area contributed by atoms with Crippen molar-refractivity contribution < 1.29 is 13.9 Å². The van der Waals surface area contributed by atoms with E-state index in [2.05, 4.69) is 0 Å². The zero-order chi connectivity index (χ0) is 13.0. The van der Waals surface area contributed by atoms with Gasteiger partial charge in [0.15, 0.2) is 0 Å². The van der Waals surface area contributed by atoms with Gasteiger partial charge in [0.05, 0.1) is 0 Å². The first-order valence-corrected chi connectivity index (χ1v) is 5.65. The van der Waals surface area contributed by atoms with Crippen LogP contribution in [0, 0.1) is 5.82 Å². The zero-order valence-corrected chi connectivity index (χ0v) is 10.0. The fourth-order valence-corrected chi connectivity index (χ4v) is 1.60. The SMILES string of the molecule is CC(=O)Cc1ccc(Oc2ccc(F)cc2)cc1. The molecule has 18 heavy (non-hydrogen) atoms. The van der Waals surface area contributed by atoms with E-state index in [0.717, 1.165) is 5.56 Å². The van der Waals surface area contributed by atoms with E-state index in [9.17, 15) is 9.18 Å². The van der Waals surface area contributed by atoms with Crippen LogP contribution in [0.15, 0.2) is 48.5 Å². The van der Waals surface area contributed by atoms with Gasteiger partial charge in [-0.1, -0.05) is 12.1 Å². The highest BCUT2D eigenvalue weighted by Crippen LogP contribution is 2.21. The minimum Gasteiger partial charge on any atom is -0.457 e. The van der Waals surface area contributed by atoms with E-state index in [4.69, 9.17) is 4.74 Å². The summed E-state index contributed by atoms with van der Waals surface area (Å²) in [6, 6.07) is 13.1. The molecule has 2 aromatic carbocycles. The molecular weight excluding hydrogens is 231 g/mol. The summed E-state index contributed by atoms with van der Waals surface area (Å²) in [5.74, 6) is 1.07. The van der Waals surface area contributed by atoms with Crippen LogP contribution in [0.4, 0.5) is 4.39 Å². The summed E-state index contributed by atoms with van der Waals surface area (Å²) in [5.41, 5.74) is 0.953. The third kappa shape index (κ3) is 3.42. The van der Waals surface area contributed by atoms with Gasteiger partial charge in [-0.15, -0.1) is 0 Å². The van der Waals surface area contributed by atoms with E-state index in [1.807, 2.05) is 12.1 Å². The van der Waals surface area contributed by atoms with Crippen molar-refractivity contribution in [3.63, 3.8) is 0 Å². The van der Waals surface area contributed by atoms with Crippen LogP contribution in [-0.4, -0.2) is 5.78 Å². The Labute approximate surface area is 105 Å². The minimum atomic E-state index is -0.292. The molecular formula is C15H13FO2. The molecule has 0 spiro atoms. The smallest absolute Gasteiger partial charge is 0.134 e. The summed E-state index contributed by atoms with van der Waals surface area (Å²) in [6.07, 6.45) is 0.427. The highest BCUT2D eigenvalue weighted by Gasteiger charge is 2.00. The molecule has 0 N–H and O–H groups in total. The number of Topliss-reactive ketones (excluding diaryl/α,β-unsaturated/α-hetero) is 1. The van der Waals surface area contributed by atoms with Crippen LogP contribution < -0.4 is 4.74 Å². The second kappa shape index (κ2) is 5.45. The number of ketones is 1. The summed E-state index contributed by atoms with van der Waals surface area (Å²) in [4.78, 5) is 11.0. The van der Waals surface area contributed by atoms with Gasteiger partial charge in [0, 0.05) is 6.42 Å². The first-order chi connectivity index (χ1) is 8.63. The van der Waals surface area contributed by atoms with Crippen LogP contribution in [0.2, 0.25) is 0 Å². The molecule has 2 nitrogen and oxygen atoms in total. The summed E-state index contributed by atoms with van der Waals surface area (Å²) in [7, 11) is 0. The quantitative estimate of drug-likeness (QED) is 0.818. The Balaban J connectivity index is 2.06. The topological polar surface area (TPSA) is 26.3 Å². The lowest BCUT2D eigenvalue weighted by Gasteiger charge is -2.06. The van der Waals surface area contributed by atoms with Gasteiger partial charge in [0.2, 0.25) is 0 Å². The van der Waals surface area contributed by atoms with E-state index in [-0.39, 0.29) is 11.6 Å². The normalized spacial score (nSPS) is 10.1. The molecule has 2 aromatic rings. The molecule has 0 saturated heterocycles. The molecule has 0 aromatic heterocycles. The molecule has 0 aliphatic carbocycles. The van der Waals surface area contributed by atoms with Gasteiger partial charge >= 0.3 is 0 Å². The van der Waals surface area contributed by atoms with Crippen LogP contribution in [0.3, 0.4) is 0 Å². The van der Waals surface area contributed by atoms with Crippen LogP contribution in [0.5, 0.6) is 11.5 Å². The fourth-order valence-electron chi connectivity index (χ4n) is 1.60. The summed E-state index contributed by atoms with van der Waals surface area (Å²) >= 11 is 0. The number of carbonyl (C=O) groups excluding carboxylic acids is 1. The molecule has 0 amide bonds. The molecule has 0 aliphatic rings. The van der Waals surface area contributed by atoms with Crippen molar-refractivity contribution in [1.29, 1.82) is 0 Å². The number of benzene rings is 2. The van der Waals surface area contributed by atoms with Crippen molar-refractivity contribution in [3.8, 4) is 11.5 Å². The maximum absolute atomic E-state index is 12.7. The van der Waals surface area contributed by atoms with Gasteiger partial charge in [-0.25, -0.2) is 4.39 Å². The highest BCUT2D eigenvalue weighted by atomic mass is 19.1. The van der Waals surface area contributed by atoms with Crippen LogP contribution >= 0.6 is 0 Å². The predicted octanol–water partition coefficient (Wildman–Crippen LogP) is 3.75. The zero-order valence-electron chi connectivity index (χ0n) is 10.0. The van der Waals surface area contributed by atoms with Crippen molar-refractivity contribution >= 4 is 5.78 Å². The minimum absolute atomic E-state index is 0.127. The number of hydrogen-bond acceptors (Lipinski definition) is 2. The van der Waals surface area contributed by atoms with Crippen molar-refractivity contribution in [2.24, 2.45) is 0 Å². The van der Waals surface area contributed by atoms with E-state index < -0.39 is 0 Å². The monoisotopic (exact) mass is 244 g/mol. The number of halogens is 1. The van der Waals surface area contributed by atoms with Crippen molar-refractivity contribution in [3.05, 3.63) is 59.9 Å². The lowest BCUT2D eigenvalue weighted by atomic mass is 10.1. The summed E-state index contributed by atoms with van der Waals surface area (Å²) in [6.45, 7) is 1.56. The van der Waals surface area contributed by atoms with Gasteiger partial charge in [-0.2, -0.15) is 0 Å². The largest absolute Gasteiger partial charge is 0.457 e. The van der Waals surface area contributed by atoms with Gasteiger partial charge < -0.3 is 4.74 Å². The molecule has 92 valence electrons. The Hall–Kier alpha value is -2.16. The Morgan fingerprint density at radius 3 is 2.00 bits per heavy atom. The lowest BCUT2D eigenvalue weighted by molar-refractivity contribution is -0.116. The van der Waals surface area contributed by atoms with E-state index in [1.165, 1.54) is 12.1 Å². The summed E-state index contributed by atoms with van der Waals surface area (Å²) in [5, 5.41) is 0. The highest BCUT2D eigenvalue weighted by molar-refractivity contribution is 5.78. The molecule has 0 fully saturated rings. The molecule has 0 unspecified atom stereocenters. The third-order valence-electron chi connectivity index (χ3n) is 2.43. The average molecular weight is 244 g/mol. The van der Waals surface area contributed by atoms with Gasteiger partial charge in [-0.05, 0) is 48.9 Å². The second-order valence-corrected chi connectivity index (χ2v) is 4.08. The number of hydrogen-bond donors (Lipinski definition) is 0. The Morgan fingerprint density at radius 2 is 1.50 bits per heavy atom. The molecule has 0 bridgehead atoms. The van der Waals surface area contributed by atoms with Gasteiger partial charge in [0.1, 0.15) is 23.1 Å². The average Bonchev–Trinajstić information content (AvgIpc) is 2.34. The number of carbonyl (C=O) groups is 1. The fraction of sp³-hybridized carbons (Fsp3) is 0.133. The van der Waals surface area contributed by atoms with Crippen LogP contribution in [0.1, 0.15) is 12.5 Å². The molecule has 3 heteroatoms. The maximum atomic E-state index is 12.7. The van der Waals surface area contributed by atoms with E-state index in [1.54, 1.807) is 31.2 Å².